The number of nitrogens with zero attached hydrogens (tertiary/aromatic N) is 4. The van der Waals surface area contributed by atoms with Gasteiger partial charge in [0, 0.05) is 16.8 Å². The van der Waals surface area contributed by atoms with E-state index in [1.54, 1.807) is 43.3 Å². The number of aromatic nitrogens is 4. The Labute approximate surface area is 167 Å². The summed E-state index contributed by atoms with van der Waals surface area (Å²) in [5, 5.41) is 15.5. The first-order valence-corrected chi connectivity index (χ1v) is 10.6. The van der Waals surface area contributed by atoms with Crippen LogP contribution in [0.2, 0.25) is 5.02 Å². The van der Waals surface area contributed by atoms with Crippen molar-refractivity contribution >= 4 is 27.3 Å². The molecule has 0 aliphatic heterocycles. The van der Waals surface area contributed by atoms with Crippen LogP contribution >= 0.6 is 11.6 Å². The highest BCUT2D eigenvalue weighted by molar-refractivity contribution is 7.90. The van der Waals surface area contributed by atoms with E-state index in [9.17, 15) is 13.2 Å². The predicted molar refractivity (Wildman–Crippen MR) is 104 cm³/mol. The fourth-order valence-electron chi connectivity index (χ4n) is 2.53. The van der Waals surface area contributed by atoms with E-state index >= 15 is 0 Å². The third-order valence-corrected chi connectivity index (χ3v) is 5.41. The SMILES string of the molecule is CC(NC(=O)Cn1nnc(-c2ccc(Cl)cc2)n1)c1ccc(S(C)(=O)=O)cc1. The Morgan fingerprint density at radius 2 is 1.79 bits per heavy atom. The van der Waals surface area contributed by atoms with Crippen molar-refractivity contribution in [1.29, 1.82) is 0 Å². The van der Waals surface area contributed by atoms with Gasteiger partial charge in [-0.15, -0.1) is 10.2 Å². The van der Waals surface area contributed by atoms with E-state index in [1.165, 1.54) is 16.9 Å². The number of halogens is 1. The zero-order valence-electron chi connectivity index (χ0n) is 15.2. The van der Waals surface area contributed by atoms with E-state index < -0.39 is 9.84 Å². The third kappa shape index (κ3) is 4.93. The predicted octanol–water partition coefficient (Wildman–Crippen LogP) is 2.27. The lowest BCUT2D eigenvalue weighted by Crippen LogP contribution is -2.30. The average molecular weight is 420 g/mol. The molecule has 0 saturated carbocycles. The molecule has 0 bridgehead atoms. The maximum absolute atomic E-state index is 12.3. The summed E-state index contributed by atoms with van der Waals surface area (Å²) in [5.74, 6) is 0.105. The molecule has 2 aromatic carbocycles. The second-order valence-corrected chi connectivity index (χ2v) is 8.73. The second-order valence-electron chi connectivity index (χ2n) is 6.28. The Kier molecular flexibility index (Phi) is 5.76. The van der Waals surface area contributed by atoms with E-state index in [2.05, 4.69) is 20.7 Å². The van der Waals surface area contributed by atoms with Gasteiger partial charge in [0.1, 0.15) is 6.54 Å². The summed E-state index contributed by atoms with van der Waals surface area (Å²) in [4.78, 5) is 13.7. The molecule has 1 atom stereocenters. The molecule has 8 nitrogen and oxygen atoms in total. The minimum atomic E-state index is -3.25. The molecule has 0 spiro atoms. The normalized spacial score (nSPS) is 12.5. The van der Waals surface area contributed by atoms with Gasteiger partial charge in [-0.3, -0.25) is 4.79 Å². The van der Waals surface area contributed by atoms with Gasteiger partial charge in [-0.2, -0.15) is 4.80 Å². The molecule has 0 aliphatic rings. The monoisotopic (exact) mass is 419 g/mol. The van der Waals surface area contributed by atoms with Crippen LogP contribution in [0.3, 0.4) is 0 Å². The number of rotatable bonds is 6. The molecule has 0 aliphatic carbocycles. The summed E-state index contributed by atoms with van der Waals surface area (Å²) in [6.45, 7) is 1.72. The fraction of sp³-hybridized carbons (Fsp3) is 0.222. The van der Waals surface area contributed by atoms with Gasteiger partial charge < -0.3 is 5.32 Å². The Hall–Kier alpha value is -2.78. The molecule has 1 heterocycles. The quantitative estimate of drug-likeness (QED) is 0.656. The summed E-state index contributed by atoms with van der Waals surface area (Å²) < 4.78 is 23.0. The Balaban J connectivity index is 1.61. The van der Waals surface area contributed by atoms with Gasteiger partial charge >= 0.3 is 0 Å². The van der Waals surface area contributed by atoms with Crippen LogP contribution in [0, 0.1) is 0 Å². The molecule has 0 radical (unpaired) electrons. The zero-order valence-corrected chi connectivity index (χ0v) is 16.8. The lowest BCUT2D eigenvalue weighted by molar-refractivity contribution is -0.122. The van der Waals surface area contributed by atoms with E-state index in [-0.39, 0.29) is 23.4 Å². The summed E-state index contributed by atoms with van der Waals surface area (Å²) in [5.41, 5.74) is 1.53. The van der Waals surface area contributed by atoms with Gasteiger partial charge in [0.25, 0.3) is 0 Å². The molecule has 146 valence electrons. The van der Waals surface area contributed by atoms with Gasteiger partial charge in [-0.25, -0.2) is 8.42 Å². The topological polar surface area (TPSA) is 107 Å². The molecule has 10 heteroatoms. The Morgan fingerprint density at radius 1 is 1.14 bits per heavy atom. The number of nitrogens with one attached hydrogen (secondary N) is 1. The lowest BCUT2D eigenvalue weighted by Gasteiger charge is -2.14. The Morgan fingerprint density at radius 3 is 2.39 bits per heavy atom. The first-order chi connectivity index (χ1) is 13.2. The zero-order chi connectivity index (χ0) is 20.3. The smallest absolute Gasteiger partial charge is 0.244 e. The highest BCUT2D eigenvalue weighted by Gasteiger charge is 2.14. The molecule has 3 aromatic rings. The Bertz CT molecular complexity index is 1080. The second kappa shape index (κ2) is 8.07. The van der Waals surface area contributed by atoms with Crippen molar-refractivity contribution in [1.82, 2.24) is 25.5 Å². The van der Waals surface area contributed by atoms with Crippen LogP contribution in [0.25, 0.3) is 11.4 Å². The van der Waals surface area contributed by atoms with Gasteiger partial charge in [0.2, 0.25) is 11.7 Å². The van der Waals surface area contributed by atoms with Gasteiger partial charge in [-0.1, -0.05) is 23.7 Å². The summed E-state index contributed by atoms with van der Waals surface area (Å²) >= 11 is 5.86. The van der Waals surface area contributed by atoms with E-state index in [1.807, 2.05) is 0 Å². The maximum atomic E-state index is 12.3. The molecule has 3 rings (SSSR count). The molecule has 1 N–H and O–H groups in total. The van der Waals surface area contributed by atoms with Crippen LogP contribution in [-0.4, -0.2) is 40.8 Å². The largest absolute Gasteiger partial charge is 0.348 e. The van der Waals surface area contributed by atoms with Gasteiger partial charge in [0.15, 0.2) is 9.84 Å². The molecular formula is C18H18ClN5O3S. The highest BCUT2D eigenvalue weighted by Crippen LogP contribution is 2.18. The number of carbonyl (C=O) groups excluding carboxylic acids is 1. The molecule has 0 saturated heterocycles. The fourth-order valence-corrected chi connectivity index (χ4v) is 3.28. The van der Waals surface area contributed by atoms with Gasteiger partial charge in [0.05, 0.1) is 10.9 Å². The van der Waals surface area contributed by atoms with Crippen molar-refractivity contribution in [2.24, 2.45) is 0 Å². The van der Waals surface area contributed by atoms with Crippen molar-refractivity contribution in [2.75, 3.05) is 6.26 Å². The number of benzene rings is 2. The maximum Gasteiger partial charge on any atom is 0.244 e. The molecular weight excluding hydrogens is 402 g/mol. The third-order valence-electron chi connectivity index (χ3n) is 4.03. The van der Waals surface area contributed by atoms with Gasteiger partial charge in [-0.05, 0) is 54.1 Å². The lowest BCUT2D eigenvalue weighted by atomic mass is 10.1. The number of carbonyl (C=O) groups is 1. The summed E-state index contributed by atoms with van der Waals surface area (Å²) in [6.07, 6.45) is 1.15. The van der Waals surface area contributed by atoms with Crippen LogP contribution < -0.4 is 5.32 Å². The van der Waals surface area contributed by atoms with E-state index in [4.69, 9.17) is 11.6 Å². The highest BCUT2D eigenvalue weighted by atomic mass is 35.5. The van der Waals surface area contributed by atoms with Crippen molar-refractivity contribution in [2.45, 2.75) is 24.4 Å². The van der Waals surface area contributed by atoms with Crippen LogP contribution in [0.5, 0.6) is 0 Å². The standard InChI is InChI=1S/C18H18ClN5O3S/c1-12(13-5-9-16(10-6-13)28(2,26)27)20-17(25)11-24-22-18(21-23-24)14-3-7-15(19)8-4-14/h3-10,12H,11H2,1-2H3,(H,20,25). The first kappa shape index (κ1) is 20.0. The van der Waals surface area contributed by atoms with E-state index in [0.717, 1.165) is 17.4 Å². The summed E-state index contributed by atoms with van der Waals surface area (Å²) in [6, 6.07) is 13.1. The van der Waals surface area contributed by atoms with Crippen molar-refractivity contribution in [3.63, 3.8) is 0 Å². The average Bonchev–Trinajstić information content (AvgIpc) is 3.10. The van der Waals surface area contributed by atoms with Crippen LogP contribution in [0.15, 0.2) is 53.4 Å². The van der Waals surface area contributed by atoms with Crippen LogP contribution in [0.4, 0.5) is 0 Å². The number of hydrogen-bond acceptors (Lipinski definition) is 6. The summed E-state index contributed by atoms with van der Waals surface area (Å²) in [7, 11) is -3.25. The molecule has 1 amide bonds. The molecule has 1 aromatic heterocycles. The van der Waals surface area contributed by atoms with Crippen LogP contribution in [-0.2, 0) is 21.2 Å². The first-order valence-electron chi connectivity index (χ1n) is 8.35. The number of tetrazole rings is 1. The van der Waals surface area contributed by atoms with Crippen molar-refractivity contribution in [3.05, 3.63) is 59.1 Å². The number of sulfone groups is 1. The van der Waals surface area contributed by atoms with E-state index in [0.29, 0.717) is 10.8 Å². The molecule has 28 heavy (non-hydrogen) atoms. The van der Waals surface area contributed by atoms with Crippen LogP contribution in [0.1, 0.15) is 18.5 Å². The number of amides is 1. The van der Waals surface area contributed by atoms with Crippen molar-refractivity contribution in [3.8, 4) is 11.4 Å². The molecule has 0 fully saturated rings. The number of hydrogen-bond donors (Lipinski definition) is 1. The van der Waals surface area contributed by atoms with Crippen molar-refractivity contribution < 1.29 is 13.2 Å². The minimum absolute atomic E-state index is 0.0909. The minimum Gasteiger partial charge on any atom is -0.348 e. The molecule has 1 unspecified atom stereocenters.